The van der Waals surface area contributed by atoms with Crippen molar-refractivity contribution in [2.75, 3.05) is 20.8 Å². The van der Waals surface area contributed by atoms with Gasteiger partial charge in [0.1, 0.15) is 0 Å². The smallest absolute Gasteiger partial charge is 0.221 e. The Labute approximate surface area is 96.9 Å². The third-order valence-corrected chi connectivity index (χ3v) is 2.63. The molecule has 94 valence electrons. The van der Waals surface area contributed by atoms with Gasteiger partial charge in [-0.2, -0.15) is 0 Å². The Hall–Kier alpha value is -0.650. The van der Waals surface area contributed by atoms with Crippen molar-refractivity contribution in [1.82, 2.24) is 10.6 Å². The highest BCUT2D eigenvalue weighted by Crippen LogP contribution is 2.18. The van der Waals surface area contributed by atoms with E-state index in [2.05, 4.69) is 10.6 Å². The van der Waals surface area contributed by atoms with Gasteiger partial charge in [-0.25, -0.2) is 0 Å². The van der Waals surface area contributed by atoms with Crippen LogP contribution in [-0.2, 0) is 14.3 Å². The van der Waals surface area contributed by atoms with Crippen molar-refractivity contribution in [2.24, 2.45) is 0 Å². The van der Waals surface area contributed by atoms with E-state index in [1.807, 2.05) is 6.92 Å². The lowest BCUT2D eigenvalue weighted by Gasteiger charge is -2.22. The first-order valence-corrected chi connectivity index (χ1v) is 5.75. The Morgan fingerprint density at radius 2 is 2.00 bits per heavy atom. The fraction of sp³-hybridized carbons (Fsp3) is 0.909. The molecule has 1 saturated carbocycles. The molecule has 2 N–H and O–H groups in total. The number of amides is 1. The normalized spacial score (nSPS) is 17.5. The predicted octanol–water partition coefficient (Wildman–Crippen LogP) is 0.252. The molecule has 16 heavy (non-hydrogen) atoms. The molecule has 0 saturated heterocycles. The summed E-state index contributed by atoms with van der Waals surface area (Å²) in [5, 5.41) is 6.14. The van der Waals surface area contributed by atoms with Gasteiger partial charge in [-0.15, -0.1) is 0 Å². The minimum Gasteiger partial charge on any atom is -0.354 e. The zero-order valence-electron chi connectivity index (χ0n) is 10.3. The van der Waals surface area contributed by atoms with Gasteiger partial charge in [-0.3, -0.25) is 4.79 Å². The quantitative estimate of drug-likeness (QED) is 0.587. The molecule has 0 aromatic rings. The molecule has 1 fully saturated rings. The third kappa shape index (κ3) is 4.92. The molecular weight excluding hydrogens is 208 g/mol. The Kier molecular flexibility index (Phi) is 5.73. The summed E-state index contributed by atoms with van der Waals surface area (Å²) >= 11 is 0. The van der Waals surface area contributed by atoms with Crippen LogP contribution in [0, 0.1) is 0 Å². The number of hydrogen-bond acceptors (Lipinski definition) is 4. The predicted molar refractivity (Wildman–Crippen MR) is 61.1 cm³/mol. The Morgan fingerprint density at radius 3 is 2.50 bits per heavy atom. The first-order chi connectivity index (χ1) is 7.67. The molecule has 0 spiro atoms. The fourth-order valence-electron chi connectivity index (χ4n) is 1.54. The van der Waals surface area contributed by atoms with Gasteiger partial charge in [-0.1, -0.05) is 0 Å². The van der Waals surface area contributed by atoms with Crippen LogP contribution in [0.2, 0.25) is 0 Å². The van der Waals surface area contributed by atoms with Gasteiger partial charge >= 0.3 is 0 Å². The molecule has 0 aromatic carbocycles. The van der Waals surface area contributed by atoms with Crippen LogP contribution in [0.5, 0.6) is 0 Å². The van der Waals surface area contributed by atoms with E-state index in [1.165, 1.54) is 0 Å². The van der Waals surface area contributed by atoms with E-state index in [9.17, 15) is 4.79 Å². The second-order valence-electron chi connectivity index (χ2n) is 4.17. The van der Waals surface area contributed by atoms with Crippen molar-refractivity contribution in [3.63, 3.8) is 0 Å². The van der Waals surface area contributed by atoms with Crippen LogP contribution < -0.4 is 10.6 Å². The summed E-state index contributed by atoms with van der Waals surface area (Å²) in [6, 6.07) is 0.513. The van der Waals surface area contributed by atoms with E-state index in [-0.39, 0.29) is 18.2 Å². The minimum absolute atomic E-state index is 0.0729. The number of rotatable bonds is 8. The number of carbonyl (C=O) groups is 1. The van der Waals surface area contributed by atoms with Gasteiger partial charge in [-0.05, 0) is 19.8 Å². The van der Waals surface area contributed by atoms with E-state index >= 15 is 0 Å². The number of ether oxygens (including phenoxy) is 2. The fourth-order valence-corrected chi connectivity index (χ4v) is 1.54. The third-order valence-electron chi connectivity index (χ3n) is 2.63. The average Bonchev–Trinajstić information content (AvgIpc) is 3.03. The topological polar surface area (TPSA) is 59.6 Å². The van der Waals surface area contributed by atoms with E-state index in [0.717, 1.165) is 12.8 Å². The maximum absolute atomic E-state index is 11.4. The minimum atomic E-state index is -0.272. The zero-order valence-corrected chi connectivity index (χ0v) is 10.3. The molecule has 5 nitrogen and oxygen atoms in total. The first-order valence-electron chi connectivity index (χ1n) is 5.75. The Bertz CT molecular complexity index is 215. The number of carbonyl (C=O) groups excluding carboxylic acids is 1. The summed E-state index contributed by atoms with van der Waals surface area (Å²) in [6.07, 6.45) is 2.49. The lowest BCUT2D eigenvalue weighted by atomic mass is 10.3. The van der Waals surface area contributed by atoms with Gasteiger partial charge in [0, 0.05) is 33.2 Å². The molecule has 0 aromatic heterocycles. The molecule has 1 aliphatic rings. The molecule has 1 unspecified atom stereocenters. The summed E-state index contributed by atoms with van der Waals surface area (Å²) in [6.45, 7) is 2.61. The van der Waals surface area contributed by atoms with Crippen molar-refractivity contribution in [3.8, 4) is 0 Å². The lowest BCUT2D eigenvalue weighted by Crippen LogP contribution is -2.41. The molecular formula is C11H22N2O3. The molecule has 1 atom stereocenters. The summed E-state index contributed by atoms with van der Waals surface area (Å²) in [5.41, 5.74) is 0. The van der Waals surface area contributed by atoms with Crippen molar-refractivity contribution < 1.29 is 14.3 Å². The van der Waals surface area contributed by atoms with Crippen LogP contribution in [0.4, 0.5) is 0 Å². The molecule has 1 rings (SSSR count). The standard InChI is InChI=1S/C11H22N2O3/c1-8(11(15-2)16-3)12-7-6-10(14)13-9-4-5-9/h8-9,11-12H,4-7H2,1-3H3,(H,13,14). The first kappa shape index (κ1) is 13.4. The van der Waals surface area contributed by atoms with Crippen LogP contribution in [-0.4, -0.2) is 45.0 Å². The maximum atomic E-state index is 11.4. The van der Waals surface area contributed by atoms with Gasteiger partial charge in [0.15, 0.2) is 6.29 Å². The SMILES string of the molecule is COC(OC)C(C)NCCC(=O)NC1CC1. The van der Waals surface area contributed by atoms with E-state index in [4.69, 9.17) is 9.47 Å². The van der Waals surface area contributed by atoms with Crippen molar-refractivity contribution >= 4 is 5.91 Å². The highest BCUT2D eigenvalue weighted by molar-refractivity contribution is 5.76. The second-order valence-corrected chi connectivity index (χ2v) is 4.17. The largest absolute Gasteiger partial charge is 0.354 e. The monoisotopic (exact) mass is 230 g/mol. The molecule has 1 aliphatic carbocycles. The summed E-state index contributed by atoms with van der Waals surface area (Å²) in [4.78, 5) is 11.4. The van der Waals surface area contributed by atoms with E-state index < -0.39 is 0 Å². The van der Waals surface area contributed by atoms with E-state index in [1.54, 1.807) is 14.2 Å². The van der Waals surface area contributed by atoms with Gasteiger partial charge in [0.05, 0.1) is 6.04 Å². The van der Waals surface area contributed by atoms with Crippen molar-refractivity contribution in [3.05, 3.63) is 0 Å². The zero-order chi connectivity index (χ0) is 12.0. The van der Waals surface area contributed by atoms with Gasteiger partial charge in [0.2, 0.25) is 5.91 Å². The van der Waals surface area contributed by atoms with Crippen LogP contribution in [0.1, 0.15) is 26.2 Å². The van der Waals surface area contributed by atoms with Gasteiger partial charge < -0.3 is 20.1 Å². The molecule has 1 amide bonds. The van der Waals surface area contributed by atoms with Gasteiger partial charge in [0.25, 0.3) is 0 Å². The molecule has 5 heteroatoms. The number of methoxy groups -OCH3 is 2. The van der Waals surface area contributed by atoms with Crippen LogP contribution in [0.25, 0.3) is 0 Å². The second kappa shape index (κ2) is 6.83. The van der Waals surface area contributed by atoms with Crippen LogP contribution >= 0.6 is 0 Å². The van der Waals surface area contributed by atoms with Crippen LogP contribution in [0.3, 0.4) is 0 Å². The lowest BCUT2D eigenvalue weighted by molar-refractivity contribution is -0.123. The van der Waals surface area contributed by atoms with Crippen molar-refractivity contribution in [2.45, 2.75) is 44.6 Å². The molecule has 0 radical (unpaired) electrons. The maximum Gasteiger partial charge on any atom is 0.221 e. The molecule has 0 bridgehead atoms. The summed E-state index contributed by atoms with van der Waals surface area (Å²) in [5.74, 6) is 0.119. The Morgan fingerprint density at radius 1 is 1.38 bits per heavy atom. The summed E-state index contributed by atoms with van der Waals surface area (Å²) < 4.78 is 10.2. The summed E-state index contributed by atoms with van der Waals surface area (Å²) in [7, 11) is 3.21. The number of nitrogens with one attached hydrogen (secondary N) is 2. The number of hydrogen-bond donors (Lipinski definition) is 2. The van der Waals surface area contributed by atoms with Crippen LogP contribution in [0.15, 0.2) is 0 Å². The molecule has 0 heterocycles. The molecule has 0 aliphatic heterocycles. The average molecular weight is 230 g/mol. The van der Waals surface area contributed by atoms with E-state index in [0.29, 0.717) is 19.0 Å². The highest BCUT2D eigenvalue weighted by Gasteiger charge is 2.23. The van der Waals surface area contributed by atoms with Crippen molar-refractivity contribution in [1.29, 1.82) is 0 Å². The Balaban J connectivity index is 2.06. The highest BCUT2D eigenvalue weighted by atomic mass is 16.7.